The van der Waals surface area contributed by atoms with E-state index in [0.717, 1.165) is 22.6 Å². The van der Waals surface area contributed by atoms with Crippen LogP contribution in [0, 0.1) is 0 Å². The maximum absolute atomic E-state index is 5.67. The zero-order valence-electron chi connectivity index (χ0n) is 14.2. The first kappa shape index (κ1) is 15.4. The van der Waals surface area contributed by atoms with Crippen LogP contribution in [-0.2, 0) is 6.54 Å². The van der Waals surface area contributed by atoms with E-state index in [1.165, 1.54) is 0 Å². The Balaban J connectivity index is 1.55. The molecule has 1 N–H and O–H groups in total. The number of hydrogen-bond donors (Lipinski definition) is 1. The van der Waals surface area contributed by atoms with Crippen molar-refractivity contribution in [1.82, 2.24) is 14.8 Å². The number of nitrogens with one attached hydrogen (secondary N) is 1. The minimum absolute atomic E-state index is 0.154. The molecule has 0 radical (unpaired) electrons. The number of rotatable bonds is 4. The number of aromatic nitrogens is 3. The summed E-state index contributed by atoms with van der Waals surface area (Å²) in [4.78, 5) is 4.53. The normalized spacial score (nSPS) is 13.2. The summed E-state index contributed by atoms with van der Waals surface area (Å²) in [6, 6.07) is 17.9. The lowest BCUT2D eigenvalue weighted by Gasteiger charge is -2.13. The number of benzene rings is 2. The summed E-state index contributed by atoms with van der Waals surface area (Å²) in [7, 11) is 0. The van der Waals surface area contributed by atoms with Crippen molar-refractivity contribution >= 4 is 11.7 Å². The summed E-state index contributed by atoms with van der Waals surface area (Å²) >= 11 is 0. The molecule has 0 unspecified atom stereocenters. The zero-order chi connectivity index (χ0) is 17.2. The van der Waals surface area contributed by atoms with Crippen molar-refractivity contribution in [1.29, 1.82) is 0 Å². The lowest BCUT2D eigenvalue weighted by atomic mass is 10.1. The molecule has 6 heteroatoms. The van der Waals surface area contributed by atoms with Gasteiger partial charge >= 0.3 is 0 Å². The van der Waals surface area contributed by atoms with Crippen LogP contribution in [0.15, 0.2) is 59.7 Å². The number of nitrogens with zero attached hydrogens (tertiary/aromatic N) is 4. The van der Waals surface area contributed by atoms with Gasteiger partial charge in [-0.2, -0.15) is 10.1 Å². The van der Waals surface area contributed by atoms with Gasteiger partial charge in [0.05, 0.1) is 18.4 Å². The Hall–Kier alpha value is -3.15. The van der Waals surface area contributed by atoms with Gasteiger partial charge in [0.25, 0.3) is 0 Å². The molecule has 6 nitrogen and oxygen atoms in total. The fourth-order valence-corrected chi connectivity index (χ4v) is 2.69. The second-order valence-corrected chi connectivity index (χ2v) is 6.14. The third-order valence-corrected chi connectivity index (χ3v) is 3.85. The van der Waals surface area contributed by atoms with Gasteiger partial charge in [0.2, 0.25) is 5.95 Å². The van der Waals surface area contributed by atoms with Crippen LogP contribution in [0.4, 0.5) is 5.95 Å². The Bertz CT molecular complexity index is 897. The summed E-state index contributed by atoms with van der Waals surface area (Å²) in [6.07, 6.45) is 0.154. The van der Waals surface area contributed by atoms with Gasteiger partial charge in [0.1, 0.15) is 5.75 Å². The molecule has 25 heavy (non-hydrogen) atoms. The van der Waals surface area contributed by atoms with E-state index in [-0.39, 0.29) is 6.10 Å². The lowest BCUT2D eigenvalue weighted by Crippen LogP contribution is -2.21. The number of fused-ring (bicyclic) bond motifs is 1. The zero-order valence-corrected chi connectivity index (χ0v) is 14.2. The molecule has 1 aliphatic heterocycles. The molecule has 0 saturated carbocycles. The Morgan fingerprint density at radius 3 is 2.48 bits per heavy atom. The molecular weight excluding hydrogens is 314 g/mol. The molecule has 0 bridgehead atoms. The van der Waals surface area contributed by atoms with Gasteiger partial charge in [-0.15, -0.1) is 5.10 Å². The fraction of sp³-hybridized carbons (Fsp3) is 0.211. The summed E-state index contributed by atoms with van der Waals surface area (Å²) in [5.74, 6) is 2.16. The highest BCUT2D eigenvalue weighted by Crippen LogP contribution is 2.23. The molecule has 0 saturated heterocycles. The molecule has 0 aliphatic carbocycles. The monoisotopic (exact) mass is 333 g/mol. The molecule has 0 spiro atoms. The van der Waals surface area contributed by atoms with Gasteiger partial charge in [-0.1, -0.05) is 30.3 Å². The van der Waals surface area contributed by atoms with Crippen molar-refractivity contribution in [2.75, 3.05) is 5.43 Å². The third kappa shape index (κ3) is 3.24. The minimum atomic E-state index is 0.154. The largest absolute Gasteiger partial charge is 0.491 e. The smallest absolute Gasteiger partial charge is 0.242 e. The molecule has 0 atom stereocenters. The van der Waals surface area contributed by atoms with Crippen molar-refractivity contribution in [3.05, 3.63) is 60.2 Å². The highest BCUT2D eigenvalue weighted by molar-refractivity contribution is 6.01. The fourth-order valence-electron chi connectivity index (χ4n) is 2.69. The second-order valence-electron chi connectivity index (χ2n) is 6.14. The average Bonchev–Trinajstić information content (AvgIpc) is 3.06. The van der Waals surface area contributed by atoms with Crippen LogP contribution in [0.1, 0.15) is 19.4 Å². The van der Waals surface area contributed by atoms with E-state index in [2.05, 4.69) is 20.6 Å². The third-order valence-electron chi connectivity index (χ3n) is 3.85. The summed E-state index contributed by atoms with van der Waals surface area (Å²) in [5, 5.41) is 9.03. The van der Waals surface area contributed by atoms with Crippen LogP contribution >= 0.6 is 0 Å². The van der Waals surface area contributed by atoms with Crippen LogP contribution < -0.4 is 10.2 Å². The molecule has 0 fully saturated rings. The van der Waals surface area contributed by atoms with Gasteiger partial charge in [-0.05, 0) is 43.7 Å². The molecule has 4 rings (SSSR count). The molecule has 1 aromatic heterocycles. The van der Waals surface area contributed by atoms with Gasteiger partial charge in [-0.25, -0.2) is 10.1 Å². The van der Waals surface area contributed by atoms with Crippen LogP contribution in [0.25, 0.3) is 11.4 Å². The second kappa shape index (κ2) is 6.39. The number of ether oxygens (including phenoxy) is 1. The molecule has 3 aromatic rings. The van der Waals surface area contributed by atoms with Gasteiger partial charge < -0.3 is 4.74 Å². The average molecular weight is 333 g/mol. The lowest BCUT2D eigenvalue weighted by molar-refractivity contribution is 0.242. The number of hydrazone groups is 1. The first-order chi connectivity index (χ1) is 12.2. The SMILES string of the molecule is CC(C)Oc1ccc(-c2nc3n(n2)CC(c2ccccc2)=NN3)cc1. The van der Waals surface area contributed by atoms with Gasteiger partial charge in [-0.3, -0.25) is 0 Å². The predicted octanol–water partition coefficient (Wildman–Crippen LogP) is 3.56. The Morgan fingerprint density at radius 1 is 1.00 bits per heavy atom. The molecule has 0 amide bonds. The first-order valence-corrected chi connectivity index (χ1v) is 8.29. The van der Waals surface area contributed by atoms with Crippen molar-refractivity contribution in [3.63, 3.8) is 0 Å². The molecule has 2 heterocycles. The maximum Gasteiger partial charge on any atom is 0.242 e. The topological polar surface area (TPSA) is 64.3 Å². The van der Waals surface area contributed by atoms with Crippen molar-refractivity contribution in [3.8, 4) is 17.1 Å². The van der Waals surface area contributed by atoms with Gasteiger partial charge in [0, 0.05) is 5.56 Å². The standard InChI is InChI=1S/C19H19N5O/c1-13(2)25-16-10-8-15(9-11-16)18-20-19-22-21-17(12-24(19)23-18)14-6-4-3-5-7-14/h3-11,13H,12H2,1-2H3,(H,20,22,23). The molecule has 126 valence electrons. The highest BCUT2D eigenvalue weighted by atomic mass is 16.5. The predicted molar refractivity (Wildman–Crippen MR) is 97.8 cm³/mol. The van der Waals surface area contributed by atoms with Crippen molar-refractivity contribution in [2.24, 2.45) is 5.10 Å². The Morgan fingerprint density at radius 2 is 1.76 bits per heavy atom. The van der Waals surface area contributed by atoms with Crippen LogP contribution in [-0.4, -0.2) is 26.6 Å². The van der Waals surface area contributed by atoms with Crippen molar-refractivity contribution in [2.45, 2.75) is 26.5 Å². The van der Waals surface area contributed by atoms with E-state index in [9.17, 15) is 0 Å². The van der Waals surface area contributed by atoms with E-state index < -0.39 is 0 Å². The Kier molecular flexibility index (Phi) is 3.93. The number of anilines is 1. The molecular formula is C19H19N5O. The van der Waals surface area contributed by atoms with E-state index in [1.807, 2.05) is 73.1 Å². The van der Waals surface area contributed by atoms with E-state index >= 15 is 0 Å². The Labute approximate surface area is 146 Å². The summed E-state index contributed by atoms with van der Waals surface area (Å²) in [5.41, 5.74) is 5.95. The quantitative estimate of drug-likeness (QED) is 0.793. The molecule has 2 aromatic carbocycles. The molecule has 1 aliphatic rings. The van der Waals surface area contributed by atoms with Crippen LogP contribution in [0.2, 0.25) is 0 Å². The van der Waals surface area contributed by atoms with Crippen LogP contribution in [0.3, 0.4) is 0 Å². The van der Waals surface area contributed by atoms with Crippen molar-refractivity contribution < 1.29 is 4.74 Å². The maximum atomic E-state index is 5.67. The number of hydrogen-bond acceptors (Lipinski definition) is 5. The van der Waals surface area contributed by atoms with E-state index in [1.54, 1.807) is 0 Å². The summed E-state index contributed by atoms with van der Waals surface area (Å²) < 4.78 is 7.51. The first-order valence-electron chi connectivity index (χ1n) is 8.29. The summed E-state index contributed by atoms with van der Waals surface area (Å²) in [6.45, 7) is 4.61. The van der Waals surface area contributed by atoms with Gasteiger partial charge in [0.15, 0.2) is 5.82 Å². The minimum Gasteiger partial charge on any atom is -0.491 e. The van der Waals surface area contributed by atoms with Crippen LogP contribution in [0.5, 0.6) is 5.75 Å². The highest BCUT2D eigenvalue weighted by Gasteiger charge is 2.18. The van der Waals surface area contributed by atoms with E-state index in [4.69, 9.17) is 4.74 Å². The van der Waals surface area contributed by atoms with E-state index in [0.29, 0.717) is 18.3 Å².